The minimum atomic E-state index is -4.69. The molecule has 1 aromatic carbocycles. The molecule has 0 radical (unpaired) electrons. The van der Waals surface area contributed by atoms with Crippen LogP contribution in [-0.2, 0) is 6.18 Å². The van der Waals surface area contributed by atoms with Gasteiger partial charge in [0.15, 0.2) is 0 Å². The van der Waals surface area contributed by atoms with E-state index in [1.807, 2.05) is 0 Å². The Morgan fingerprint density at radius 2 is 1.80 bits per heavy atom. The van der Waals surface area contributed by atoms with Crippen molar-refractivity contribution in [2.24, 2.45) is 0 Å². The summed E-state index contributed by atoms with van der Waals surface area (Å²) < 4.78 is 40.5. The number of nitrogens with zero attached hydrogens (tertiary/aromatic N) is 2. The number of hydrogen-bond acceptors (Lipinski definition) is 4. The van der Waals surface area contributed by atoms with Gasteiger partial charge in [0.1, 0.15) is 11.5 Å². The average molecular weight is 415 g/mol. The molecule has 0 atom stereocenters. The fraction of sp³-hybridized carbons (Fsp3) is 0.238. The van der Waals surface area contributed by atoms with E-state index in [0.717, 1.165) is 32.0 Å². The summed E-state index contributed by atoms with van der Waals surface area (Å²) in [6, 6.07) is 13.2. The highest BCUT2D eigenvalue weighted by atomic mass is 19.4. The third-order valence-corrected chi connectivity index (χ3v) is 4.88. The van der Waals surface area contributed by atoms with E-state index in [2.05, 4.69) is 25.5 Å². The summed E-state index contributed by atoms with van der Waals surface area (Å²) in [4.78, 5) is 21.4. The number of benzene rings is 1. The second kappa shape index (κ2) is 8.19. The number of carbonyl (C=O) groups is 1. The van der Waals surface area contributed by atoms with E-state index in [0.29, 0.717) is 11.3 Å². The Hall–Kier alpha value is -3.33. The lowest BCUT2D eigenvalue weighted by molar-refractivity contribution is -0.141. The lowest BCUT2D eigenvalue weighted by atomic mass is 10.1. The van der Waals surface area contributed by atoms with Gasteiger partial charge in [-0.1, -0.05) is 30.3 Å². The van der Waals surface area contributed by atoms with E-state index in [4.69, 9.17) is 0 Å². The molecule has 1 amide bonds. The number of alkyl halides is 3. The monoisotopic (exact) mass is 415 g/mol. The lowest BCUT2D eigenvalue weighted by Crippen LogP contribution is -2.43. The van der Waals surface area contributed by atoms with Gasteiger partial charge in [0.2, 0.25) is 0 Å². The number of carbonyl (C=O) groups excluding carboxylic acids is 1. The van der Waals surface area contributed by atoms with Crippen LogP contribution in [0.25, 0.3) is 11.3 Å². The van der Waals surface area contributed by atoms with E-state index >= 15 is 0 Å². The molecule has 6 nitrogen and oxygen atoms in total. The number of aromatic nitrogens is 2. The van der Waals surface area contributed by atoms with Crippen LogP contribution in [0.3, 0.4) is 0 Å². The fourth-order valence-electron chi connectivity index (χ4n) is 3.37. The number of H-pyrrole nitrogens is 1. The van der Waals surface area contributed by atoms with Gasteiger partial charge in [-0.3, -0.25) is 4.79 Å². The summed E-state index contributed by atoms with van der Waals surface area (Å²) in [5, 5.41) is 5.76. The standard InChI is InChI=1S/C21H20F3N5O/c22-21(23,24)19-16(12-17(28-19)14-4-2-1-3-5-14)20(30)27-15-6-7-18(26-13-15)29-10-8-25-9-11-29/h1-7,12-13,25,28H,8-11H2,(H,27,30). The van der Waals surface area contributed by atoms with Crippen LogP contribution in [0, 0.1) is 0 Å². The Balaban J connectivity index is 1.56. The molecule has 0 aliphatic carbocycles. The molecular formula is C21H20F3N5O. The van der Waals surface area contributed by atoms with Crippen LogP contribution in [0.4, 0.5) is 24.7 Å². The number of pyridine rings is 1. The summed E-state index contributed by atoms with van der Waals surface area (Å²) in [6.07, 6.45) is -3.24. The normalized spacial score (nSPS) is 14.6. The average Bonchev–Trinajstić information content (AvgIpc) is 3.22. The van der Waals surface area contributed by atoms with Gasteiger partial charge >= 0.3 is 6.18 Å². The predicted molar refractivity (Wildman–Crippen MR) is 109 cm³/mol. The zero-order chi connectivity index (χ0) is 21.1. The number of aromatic amines is 1. The van der Waals surface area contributed by atoms with Crippen molar-refractivity contribution in [1.82, 2.24) is 15.3 Å². The van der Waals surface area contributed by atoms with Gasteiger partial charge in [-0.15, -0.1) is 0 Å². The van der Waals surface area contributed by atoms with Crippen molar-refractivity contribution < 1.29 is 18.0 Å². The molecule has 1 aliphatic heterocycles. The number of hydrogen-bond donors (Lipinski definition) is 3. The molecule has 2 aromatic heterocycles. The van der Waals surface area contributed by atoms with Crippen molar-refractivity contribution in [3.05, 3.63) is 66.0 Å². The first-order valence-corrected chi connectivity index (χ1v) is 9.50. The fourth-order valence-corrected chi connectivity index (χ4v) is 3.37. The number of amides is 1. The van der Waals surface area contributed by atoms with Gasteiger partial charge in [-0.05, 0) is 23.8 Å². The topological polar surface area (TPSA) is 73.1 Å². The van der Waals surface area contributed by atoms with E-state index < -0.39 is 23.3 Å². The molecule has 3 aromatic rings. The maximum absolute atomic E-state index is 13.5. The van der Waals surface area contributed by atoms with Gasteiger partial charge in [0.05, 0.1) is 17.4 Å². The SMILES string of the molecule is O=C(Nc1ccc(N2CCNCC2)nc1)c1cc(-c2ccccc2)[nH]c1C(F)(F)F. The smallest absolute Gasteiger partial charge is 0.354 e. The third-order valence-electron chi connectivity index (χ3n) is 4.88. The summed E-state index contributed by atoms with van der Waals surface area (Å²) >= 11 is 0. The Bertz CT molecular complexity index is 1010. The Morgan fingerprint density at radius 3 is 2.43 bits per heavy atom. The molecule has 1 aliphatic rings. The van der Waals surface area contributed by atoms with Crippen LogP contribution < -0.4 is 15.5 Å². The second-order valence-electron chi connectivity index (χ2n) is 6.93. The molecule has 0 saturated carbocycles. The molecule has 0 unspecified atom stereocenters. The van der Waals surface area contributed by atoms with Gasteiger partial charge in [-0.25, -0.2) is 4.98 Å². The number of rotatable bonds is 4. The summed E-state index contributed by atoms with van der Waals surface area (Å²) in [5.41, 5.74) is -0.435. The summed E-state index contributed by atoms with van der Waals surface area (Å²) in [7, 11) is 0. The van der Waals surface area contributed by atoms with Crippen molar-refractivity contribution in [1.29, 1.82) is 0 Å². The van der Waals surface area contributed by atoms with Crippen molar-refractivity contribution in [3.63, 3.8) is 0 Å². The molecule has 0 bridgehead atoms. The number of nitrogens with one attached hydrogen (secondary N) is 3. The van der Waals surface area contributed by atoms with Crippen molar-refractivity contribution >= 4 is 17.4 Å². The van der Waals surface area contributed by atoms with Crippen molar-refractivity contribution in [3.8, 4) is 11.3 Å². The lowest BCUT2D eigenvalue weighted by Gasteiger charge is -2.28. The van der Waals surface area contributed by atoms with Gasteiger partial charge in [0.25, 0.3) is 5.91 Å². The van der Waals surface area contributed by atoms with Crippen molar-refractivity contribution in [2.45, 2.75) is 6.18 Å². The highest BCUT2D eigenvalue weighted by molar-refractivity contribution is 6.06. The molecule has 1 fully saturated rings. The Labute approximate surface area is 171 Å². The van der Waals surface area contributed by atoms with Gasteiger partial charge in [0, 0.05) is 31.9 Å². The number of anilines is 2. The predicted octanol–water partition coefficient (Wildman–Crippen LogP) is 3.76. The van der Waals surface area contributed by atoms with Crippen LogP contribution in [-0.4, -0.2) is 42.1 Å². The number of piperazine rings is 1. The summed E-state index contributed by atoms with van der Waals surface area (Å²) in [5.74, 6) is -0.0871. The van der Waals surface area contributed by atoms with Crippen LogP contribution in [0.15, 0.2) is 54.7 Å². The van der Waals surface area contributed by atoms with E-state index in [1.165, 1.54) is 12.3 Å². The van der Waals surface area contributed by atoms with Gasteiger partial charge < -0.3 is 20.5 Å². The molecule has 9 heteroatoms. The molecule has 3 N–H and O–H groups in total. The zero-order valence-electron chi connectivity index (χ0n) is 16.0. The minimum Gasteiger partial charge on any atom is -0.354 e. The first-order chi connectivity index (χ1) is 14.4. The third kappa shape index (κ3) is 4.30. The van der Waals surface area contributed by atoms with Gasteiger partial charge in [-0.2, -0.15) is 13.2 Å². The van der Waals surface area contributed by atoms with Crippen molar-refractivity contribution in [2.75, 3.05) is 36.4 Å². The van der Waals surface area contributed by atoms with Crippen LogP contribution in [0.5, 0.6) is 0 Å². The highest BCUT2D eigenvalue weighted by Crippen LogP contribution is 2.34. The molecule has 4 rings (SSSR count). The van der Waals surface area contributed by atoms with E-state index in [1.54, 1.807) is 42.5 Å². The quantitative estimate of drug-likeness (QED) is 0.607. The van der Waals surface area contributed by atoms with Crippen LogP contribution in [0.2, 0.25) is 0 Å². The number of halogens is 3. The van der Waals surface area contributed by atoms with E-state index in [9.17, 15) is 18.0 Å². The molecular weight excluding hydrogens is 395 g/mol. The Morgan fingerprint density at radius 1 is 1.07 bits per heavy atom. The zero-order valence-corrected chi connectivity index (χ0v) is 16.0. The first-order valence-electron chi connectivity index (χ1n) is 9.50. The molecule has 1 saturated heterocycles. The molecule has 30 heavy (non-hydrogen) atoms. The molecule has 156 valence electrons. The minimum absolute atomic E-state index is 0.222. The largest absolute Gasteiger partial charge is 0.432 e. The second-order valence-corrected chi connectivity index (χ2v) is 6.93. The van der Waals surface area contributed by atoms with E-state index in [-0.39, 0.29) is 5.69 Å². The maximum Gasteiger partial charge on any atom is 0.432 e. The first kappa shape index (κ1) is 20.0. The van der Waals surface area contributed by atoms with Crippen LogP contribution >= 0.6 is 0 Å². The summed E-state index contributed by atoms with van der Waals surface area (Å²) in [6.45, 7) is 3.35. The highest BCUT2D eigenvalue weighted by Gasteiger charge is 2.38. The maximum atomic E-state index is 13.5. The Kier molecular flexibility index (Phi) is 5.45. The molecule has 3 heterocycles. The van der Waals surface area contributed by atoms with Crippen LogP contribution in [0.1, 0.15) is 16.1 Å². The molecule has 0 spiro atoms.